The highest BCUT2D eigenvalue weighted by Gasteiger charge is 2.35. The van der Waals surface area contributed by atoms with E-state index in [1.807, 2.05) is 0 Å². The molecule has 1 aromatic heterocycles. The minimum atomic E-state index is -4.43. The normalized spacial score (nSPS) is 11.9. The molecule has 0 aromatic carbocycles. The van der Waals surface area contributed by atoms with Crippen LogP contribution in [0.3, 0.4) is 0 Å². The first-order valence-corrected chi connectivity index (χ1v) is 4.47. The van der Waals surface area contributed by atoms with Gasteiger partial charge in [-0.2, -0.15) is 13.2 Å². The zero-order chi connectivity index (χ0) is 10.9. The van der Waals surface area contributed by atoms with Gasteiger partial charge in [0.2, 0.25) is 0 Å². The zero-order valence-electron chi connectivity index (χ0n) is 7.74. The van der Waals surface area contributed by atoms with Gasteiger partial charge in [-0.15, -0.1) is 0 Å². The summed E-state index contributed by atoms with van der Waals surface area (Å²) in [5.74, 6) is 0. The van der Waals surface area contributed by atoms with Crippen molar-refractivity contribution >= 4 is 11.6 Å². The standard InChI is InChI=1S/C9H9ClF3N/c1-3-6-5(2)4-7(10)14-8(6)9(11,12)13/h4H,3H2,1-2H3. The number of halogens is 4. The SMILES string of the molecule is CCc1c(C)cc(Cl)nc1C(F)(F)F. The average Bonchev–Trinajstić information content (AvgIpc) is 2.01. The lowest BCUT2D eigenvalue weighted by Crippen LogP contribution is -2.13. The molecule has 0 spiro atoms. The van der Waals surface area contributed by atoms with Gasteiger partial charge in [-0.3, -0.25) is 0 Å². The summed E-state index contributed by atoms with van der Waals surface area (Å²) in [5, 5.41) is -0.118. The van der Waals surface area contributed by atoms with Crippen LogP contribution in [0.5, 0.6) is 0 Å². The highest BCUT2D eigenvalue weighted by Crippen LogP contribution is 2.33. The fourth-order valence-corrected chi connectivity index (χ4v) is 1.59. The van der Waals surface area contributed by atoms with Crippen molar-refractivity contribution in [3.8, 4) is 0 Å². The molecule has 1 heterocycles. The molecule has 0 aliphatic heterocycles. The maximum absolute atomic E-state index is 12.5. The van der Waals surface area contributed by atoms with E-state index in [1.54, 1.807) is 13.8 Å². The third-order valence-corrected chi connectivity index (χ3v) is 2.13. The molecular formula is C9H9ClF3N. The summed E-state index contributed by atoms with van der Waals surface area (Å²) in [5.41, 5.74) is -0.133. The zero-order valence-corrected chi connectivity index (χ0v) is 8.50. The molecule has 0 saturated carbocycles. The Kier molecular flexibility index (Phi) is 3.04. The van der Waals surface area contributed by atoms with Crippen molar-refractivity contribution in [2.24, 2.45) is 0 Å². The Morgan fingerprint density at radius 1 is 1.43 bits per heavy atom. The van der Waals surface area contributed by atoms with E-state index < -0.39 is 11.9 Å². The van der Waals surface area contributed by atoms with Gasteiger partial charge >= 0.3 is 6.18 Å². The maximum atomic E-state index is 12.5. The van der Waals surface area contributed by atoms with E-state index in [0.29, 0.717) is 12.0 Å². The average molecular weight is 224 g/mol. The summed E-state index contributed by atoms with van der Waals surface area (Å²) in [6.45, 7) is 3.26. The first-order valence-electron chi connectivity index (χ1n) is 4.09. The molecule has 5 heteroatoms. The number of nitrogens with zero attached hydrogens (tertiary/aromatic N) is 1. The van der Waals surface area contributed by atoms with Crippen LogP contribution in [0.25, 0.3) is 0 Å². The molecule has 0 atom stereocenters. The molecule has 0 saturated heterocycles. The lowest BCUT2D eigenvalue weighted by molar-refractivity contribution is -0.141. The van der Waals surface area contributed by atoms with Crippen LogP contribution >= 0.6 is 11.6 Å². The fraction of sp³-hybridized carbons (Fsp3) is 0.444. The Morgan fingerprint density at radius 2 is 2.00 bits per heavy atom. The second-order valence-corrected chi connectivity index (χ2v) is 3.33. The molecule has 1 nitrogen and oxygen atoms in total. The second-order valence-electron chi connectivity index (χ2n) is 2.94. The molecule has 1 rings (SSSR count). The van der Waals surface area contributed by atoms with E-state index in [2.05, 4.69) is 4.98 Å². The monoisotopic (exact) mass is 223 g/mol. The van der Waals surface area contributed by atoms with Gasteiger partial charge in [0, 0.05) is 0 Å². The largest absolute Gasteiger partial charge is 0.433 e. The van der Waals surface area contributed by atoms with Crippen molar-refractivity contribution < 1.29 is 13.2 Å². The minimum absolute atomic E-state index is 0.118. The molecule has 0 aliphatic carbocycles. The van der Waals surface area contributed by atoms with Crippen molar-refractivity contribution in [1.29, 1.82) is 0 Å². The maximum Gasteiger partial charge on any atom is 0.433 e. The number of aromatic nitrogens is 1. The molecule has 0 unspecified atom stereocenters. The summed E-state index contributed by atoms with van der Waals surface area (Å²) >= 11 is 5.47. The van der Waals surface area contributed by atoms with Crippen molar-refractivity contribution in [3.05, 3.63) is 28.0 Å². The van der Waals surface area contributed by atoms with E-state index in [4.69, 9.17) is 11.6 Å². The minimum Gasteiger partial charge on any atom is -0.231 e. The van der Waals surface area contributed by atoms with Crippen molar-refractivity contribution in [3.63, 3.8) is 0 Å². The first kappa shape index (κ1) is 11.3. The Labute approximate surface area is 84.9 Å². The summed E-state index contributed by atoms with van der Waals surface area (Å²) < 4.78 is 37.4. The number of aryl methyl sites for hydroxylation is 1. The molecule has 0 amide bonds. The quantitative estimate of drug-likeness (QED) is 0.663. The predicted molar refractivity (Wildman–Crippen MR) is 48.4 cm³/mol. The van der Waals surface area contributed by atoms with Crippen LogP contribution in [0.1, 0.15) is 23.7 Å². The molecular weight excluding hydrogens is 215 g/mol. The molecule has 14 heavy (non-hydrogen) atoms. The van der Waals surface area contributed by atoms with Crippen molar-refractivity contribution in [2.45, 2.75) is 26.4 Å². The third kappa shape index (κ3) is 2.18. The molecule has 0 fully saturated rings. The lowest BCUT2D eigenvalue weighted by Gasteiger charge is -2.13. The number of hydrogen-bond acceptors (Lipinski definition) is 1. The molecule has 1 aromatic rings. The fourth-order valence-electron chi connectivity index (χ4n) is 1.34. The topological polar surface area (TPSA) is 12.9 Å². The van der Waals surface area contributed by atoms with Crippen molar-refractivity contribution in [1.82, 2.24) is 4.98 Å². The number of pyridine rings is 1. The van der Waals surface area contributed by atoms with Gasteiger partial charge in [-0.25, -0.2) is 4.98 Å². The van der Waals surface area contributed by atoms with Gasteiger partial charge in [-0.1, -0.05) is 18.5 Å². The van der Waals surface area contributed by atoms with E-state index in [1.165, 1.54) is 6.07 Å². The lowest BCUT2D eigenvalue weighted by atomic mass is 10.1. The highest BCUT2D eigenvalue weighted by molar-refractivity contribution is 6.29. The molecule has 0 bridgehead atoms. The van der Waals surface area contributed by atoms with Gasteiger partial charge in [0.1, 0.15) is 10.8 Å². The molecule has 0 radical (unpaired) electrons. The van der Waals surface area contributed by atoms with Crippen LogP contribution in [0.2, 0.25) is 5.15 Å². The summed E-state index contributed by atoms with van der Waals surface area (Å²) in [4.78, 5) is 3.32. The summed E-state index contributed by atoms with van der Waals surface area (Å²) in [6.07, 6.45) is -4.13. The molecule has 78 valence electrons. The Morgan fingerprint density at radius 3 is 2.43 bits per heavy atom. The van der Waals surface area contributed by atoms with Gasteiger partial charge in [0.05, 0.1) is 0 Å². The van der Waals surface area contributed by atoms with E-state index in [-0.39, 0.29) is 10.7 Å². The molecule has 0 N–H and O–H groups in total. The van der Waals surface area contributed by atoms with Gasteiger partial charge < -0.3 is 0 Å². The van der Waals surface area contributed by atoms with Crippen LogP contribution in [-0.4, -0.2) is 4.98 Å². The Bertz CT molecular complexity index is 347. The van der Waals surface area contributed by atoms with E-state index in [9.17, 15) is 13.2 Å². The van der Waals surface area contributed by atoms with Crippen LogP contribution in [-0.2, 0) is 12.6 Å². The van der Waals surface area contributed by atoms with Crippen LogP contribution in [0, 0.1) is 6.92 Å². The van der Waals surface area contributed by atoms with Gasteiger partial charge in [-0.05, 0) is 30.5 Å². The van der Waals surface area contributed by atoms with E-state index in [0.717, 1.165) is 0 Å². The van der Waals surface area contributed by atoms with Gasteiger partial charge in [0.15, 0.2) is 0 Å². The van der Waals surface area contributed by atoms with Crippen molar-refractivity contribution in [2.75, 3.05) is 0 Å². The Hall–Kier alpha value is -0.770. The van der Waals surface area contributed by atoms with Crippen LogP contribution in [0.4, 0.5) is 13.2 Å². The number of hydrogen-bond donors (Lipinski definition) is 0. The second kappa shape index (κ2) is 3.77. The Balaban J connectivity index is 3.40. The van der Waals surface area contributed by atoms with Crippen LogP contribution < -0.4 is 0 Å². The third-order valence-electron chi connectivity index (χ3n) is 1.94. The summed E-state index contributed by atoms with van der Waals surface area (Å²) in [7, 11) is 0. The smallest absolute Gasteiger partial charge is 0.231 e. The number of rotatable bonds is 1. The molecule has 0 aliphatic rings. The van der Waals surface area contributed by atoms with Gasteiger partial charge in [0.25, 0.3) is 0 Å². The first-order chi connectivity index (χ1) is 6.36. The van der Waals surface area contributed by atoms with Crippen LogP contribution in [0.15, 0.2) is 6.07 Å². The summed E-state index contributed by atoms with van der Waals surface area (Å²) in [6, 6.07) is 1.44. The highest BCUT2D eigenvalue weighted by atomic mass is 35.5. The number of alkyl halides is 3. The predicted octanol–water partition coefficient (Wildman–Crippen LogP) is 3.62. The van der Waals surface area contributed by atoms with E-state index >= 15 is 0 Å².